The van der Waals surface area contributed by atoms with Crippen molar-refractivity contribution in [3.05, 3.63) is 65.4 Å². The second kappa shape index (κ2) is 9.48. The van der Waals surface area contributed by atoms with Gasteiger partial charge in [0.1, 0.15) is 5.75 Å². The molecule has 2 amide bonds. The minimum absolute atomic E-state index is 0.00432. The number of aryl methyl sites for hydroxylation is 1. The third-order valence-corrected chi connectivity index (χ3v) is 5.77. The molecule has 2 aromatic carbocycles. The molecule has 1 aliphatic carbocycles. The second-order valence-electron chi connectivity index (χ2n) is 9.10. The van der Waals surface area contributed by atoms with Crippen LogP contribution in [-0.2, 0) is 11.3 Å². The molecule has 172 valence electrons. The van der Waals surface area contributed by atoms with E-state index >= 15 is 0 Å². The summed E-state index contributed by atoms with van der Waals surface area (Å²) in [6, 6.07) is 14.5. The van der Waals surface area contributed by atoms with E-state index in [1.807, 2.05) is 51.1 Å². The number of phenolic OH excluding ortho intramolecular Hbond substituents is 1. The summed E-state index contributed by atoms with van der Waals surface area (Å²) in [5.74, 6) is 0.458. The summed E-state index contributed by atoms with van der Waals surface area (Å²) in [5.41, 5.74) is 4.59. The number of phenols is 1. The summed E-state index contributed by atoms with van der Waals surface area (Å²) < 4.78 is 1.42. The quantitative estimate of drug-likeness (QED) is 0.466. The number of anilines is 1. The summed E-state index contributed by atoms with van der Waals surface area (Å²) >= 11 is 0. The molecule has 7 nitrogen and oxygen atoms in total. The fourth-order valence-electron chi connectivity index (χ4n) is 3.82. The van der Waals surface area contributed by atoms with Gasteiger partial charge < -0.3 is 15.7 Å². The average molecular weight is 447 g/mol. The van der Waals surface area contributed by atoms with Gasteiger partial charge in [0.15, 0.2) is 0 Å². The first-order valence-electron chi connectivity index (χ1n) is 11.4. The lowest BCUT2D eigenvalue weighted by Crippen LogP contribution is -2.30. The number of amides is 2. The van der Waals surface area contributed by atoms with Gasteiger partial charge in [0.2, 0.25) is 5.91 Å². The van der Waals surface area contributed by atoms with Crippen molar-refractivity contribution in [2.24, 2.45) is 5.92 Å². The topological polar surface area (TPSA) is 96.3 Å². The van der Waals surface area contributed by atoms with Crippen molar-refractivity contribution < 1.29 is 14.7 Å². The Labute approximate surface area is 193 Å². The van der Waals surface area contributed by atoms with Crippen LogP contribution in [0.15, 0.2) is 48.5 Å². The van der Waals surface area contributed by atoms with E-state index < -0.39 is 0 Å². The van der Waals surface area contributed by atoms with Crippen LogP contribution in [0.3, 0.4) is 0 Å². The van der Waals surface area contributed by atoms with Crippen LogP contribution in [0.1, 0.15) is 55.8 Å². The first-order chi connectivity index (χ1) is 15.8. The van der Waals surface area contributed by atoms with E-state index in [1.54, 1.807) is 12.1 Å². The van der Waals surface area contributed by atoms with Gasteiger partial charge in [-0.15, -0.1) is 0 Å². The molecule has 1 fully saturated rings. The van der Waals surface area contributed by atoms with Crippen LogP contribution in [0.25, 0.3) is 11.3 Å². The molecule has 33 heavy (non-hydrogen) atoms. The number of nitrogens with one attached hydrogen (secondary N) is 2. The van der Waals surface area contributed by atoms with E-state index in [1.165, 1.54) is 10.7 Å². The van der Waals surface area contributed by atoms with Crippen LogP contribution in [-0.4, -0.2) is 26.8 Å². The third kappa shape index (κ3) is 5.42. The number of aromatic hydroxyl groups is 1. The SMILES string of the molecule is Cc1ccccc1CNC(=O)n1nc(-c2ccc(NC(=O)CC(C)C)cc2O)cc1C1CC1. The van der Waals surface area contributed by atoms with Gasteiger partial charge in [-0.25, -0.2) is 4.79 Å². The van der Waals surface area contributed by atoms with E-state index in [0.29, 0.717) is 35.8 Å². The standard InChI is InChI=1S/C26H30N4O3/c1-16(2)12-25(32)28-20-10-11-21(24(31)13-20)22-14-23(18-8-9-18)30(29-22)26(33)27-15-19-7-5-4-6-17(19)3/h4-7,10-11,13-14,16,18,31H,8-9,12,15H2,1-3H3,(H,27,33)(H,28,32). The van der Waals surface area contributed by atoms with Crippen molar-refractivity contribution in [3.63, 3.8) is 0 Å². The van der Waals surface area contributed by atoms with Gasteiger partial charge in [0, 0.05) is 36.2 Å². The first kappa shape index (κ1) is 22.6. The Balaban J connectivity index is 1.53. The molecule has 1 aliphatic rings. The van der Waals surface area contributed by atoms with Crippen molar-refractivity contribution in [2.75, 3.05) is 5.32 Å². The molecular formula is C26H30N4O3. The molecule has 1 heterocycles. The number of carbonyl (C=O) groups is 2. The number of nitrogens with zero attached hydrogens (tertiary/aromatic N) is 2. The van der Waals surface area contributed by atoms with Crippen molar-refractivity contribution in [2.45, 2.75) is 52.5 Å². The fraction of sp³-hybridized carbons (Fsp3) is 0.346. The molecule has 3 aromatic rings. The van der Waals surface area contributed by atoms with Gasteiger partial charge in [0.05, 0.1) is 11.4 Å². The Morgan fingerprint density at radius 3 is 2.58 bits per heavy atom. The van der Waals surface area contributed by atoms with Crippen LogP contribution in [0, 0.1) is 12.8 Å². The average Bonchev–Trinajstić information content (AvgIpc) is 3.51. The number of hydrogen-bond acceptors (Lipinski definition) is 4. The van der Waals surface area contributed by atoms with Crippen LogP contribution in [0.4, 0.5) is 10.5 Å². The molecule has 7 heteroatoms. The second-order valence-corrected chi connectivity index (χ2v) is 9.10. The Bertz CT molecular complexity index is 1180. The Kier molecular flexibility index (Phi) is 6.49. The summed E-state index contributed by atoms with van der Waals surface area (Å²) in [4.78, 5) is 25.0. The molecule has 0 spiro atoms. The lowest BCUT2D eigenvalue weighted by atomic mass is 10.1. The molecule has 0 saturated heterocycles. The molecule has 0 bridgehead atoms. The molecule has 4 rings (SSSR count). The minimum atomic E-state index is -0.288. The predicted octanol–water partition coefficient (Wildman–Crippen LogP) is 5.18. The van der Waals surface area contributed by atoms with Crippen LogP contribution >= 0.6 is 0 Å². The predicted molar refractivity (Wildman–Crippen MR) is 128 cm³/mol. The molecule has 1 aromatic heterocycles. The number of rotatable bonds is 7. The lowest BCUT2D eigenvalue weighted by Gasteiger charge is -2.10. The number of benzene rings is 2. The summed E-state index contributed by atoms with van der Waals surface area (Å²) in [5, 5.41) is 20.9. The van der Waals surface area contributed by atoms with Crippen molar-refractivity contribution in [1.29, 1.82) is 0 Å². The zero-order valence-corrected chi connectivity index (χ0v) is 19.3. The van der Waals surface area contributed by atoms with Crippen LogP contribution in [0.5, 0.6) is 5.75 Å². The van der Waals surface area contributed by atoms with E-state index in [2.05, 4.69) is 15.7 Å². The van der Waals surface area contributed by atoms with Gasteiger partial charge in [-0.2, -0.15) is 9.78 Å². The molecule has 0 atom stereocenters. The van der Waals surface area contributed by atoms with Gasteiger partial charge in [-0.3, -0.25) is 4.79 Å². The van der Waals surface area contributed by atoms with E-state index in [0.717, 1.165) is 29.7 Å². The number of hydrogen-bond donors (Lipinski definition) is 3. The van der Waals surface area contributed by atoms with Gasteiger partial charge in [-0.05, 0) is 55.0 Å². The van der Waals surface area contributed by atoms with E-state index in [-0.39, 0.29) is 23.6 Å². The molecule has 3 N–H and O–H groups in total. The van der Waals surface area contributed by atoms with Gasteiger partial charge in [0.25, 0.3) is 0 Å². The van der Waals surface area contributed by atoms with E-state index in [4.69, 9.17) is 0 Å². The maximum atomic E-state index is 13.0. The lowest BCUT2D eigenvalue weighted by molar-refractivity contribution is -0.116. The normalized spacial score (nSPS) is 13.2. The zero-order valence-electron chi connectivity index (χ0n) is 19.3. The van der Waals surface area contributed by atoms with Crippen molar-refractivity contribution in [3.8, 4) is 17.0 Å². The summed E-state index contributed by atoms with van der Waals surface area (Å²) in [6.45, 7) is 6.39. The highest BCUT2D eigenvalue weighted by molar-refractivity contribution is 5.91. The zero-order chi connectivity index (χ0) is 23.5. The fourth-order valence-corrected chi connectivity index (χ4v) is 3.82. The highest BCUT2D eigenvalue weighted by Crippen LogP contribution is 2.42. The monoisotopic (exact) mass is 446 g/mol. The number of carbonyl (C=O) groups excluding carboxylic acids is 2. The molecule has 1 saturated carbocycles. The molecular weight excluding hydrogens is 416 g/mol. The summed E-state index contributed by atoms with van der Waals surface area (Å²) in [7, 11) is 0. The van der Waals surface area contributed by atoms with Crippen LogP contribution in [0.2, 0.25) is 0 Å². The highest BCUT2D eigenvalue weighted by Gasteiger charge is 2.30. The maximum absolute atomic E-state index is 13.0. The molecule has 0 radical (unpaired) electrons. The molecule has 0 unspecified atom stereocenters. The number of aromatic nitrogens is 2. The summed E-state index contributed by atoms with van der Waals surface area (Å²) in [6.07, 6.45) is 2.45. The Morgan fingerprint density at radius 2 is 1.91 bits per heavy atom. The molecule has 0 aliphatic heterocycles. The Hall–Kier alpha value is -3.61. The smallest absolute Gasteiger partial charge is 0.342 e. The van der Waals surface area contributed by atoms with E-state index in [9.17, 15) is 14.7 Å². The minimum Gasteiger partial charge on any atom is -0.507 e. The first-order valence-corrected chi connectivity index (χ1v) is 11.4. The van der Waals surface area contributed by atoms with Crippen molar-refractivity contribution >= 4 is 17.6 Å². The largest absolute Gasteiger partial charge is 0.507 e. The van der Waals surface area contributed by atoms with Gasteiger partial charge in [-0.1, -0.05) is 38.1 Å². The Morgan fingerprint density at radius 1 is 1.15 bits per heavy atom. The van der Waals surface area contributed by atoms with Gasteiger partial charge >= 0.3 is 6.03 Å². The highest BCUT2D eigenvalue weighted by atomic mass is 16.3. The van der Waals surface area contributed by atoms with Crippen LogP contribution < -0.4 is 10.6 Å². The maximum Gasteiger partial charge on any atom is 0.342 e. The van der Waals surface area contributed by atoms with Crippen molar-refractivity contribution in [1.82, 2.24) is 15.1 Å². The third-order valence-electron chi connectivity index (χ3n) is 5.77.